The Morgan fingerprint density at radius 3 is 2.34 bits per heavy atom. The van der Waals surface area contributed by atoms with Gasteiger partial charge in [-0.2, -0.15) is 0 Å². The molecule has 5 rings (SSSR count). The van der Waals surface area contributed by atoms with Gasteiger partial charge >= 0.3 is 0 Å². The minimum atomic E-state index is -0.294. The van der Waals surface area contributed by atoms with E-state index in [2.05, 4.69) is 10.2 Å². The molecule has 0 bridgehead atoms. The Balaban J connectivity index is 1.21. The Morgan fingerprint density at radius 1 is 0.875 bits per heavy atom. The molecule has 3 aromatic carbocycles. The average Bonchev–Trinajstić information content (AvgIpc) is 3.28. The molecule has 1 saturated heterocycles. The molecule has 0 spiro atoms. The van der Waals surface area contributed by atoms with Crippen LogP contribution in [0.15, 0.2) is 77.2 Å². The maximum atomic E-state index is 12.9. The predicted molar refractivity (Wildman–Crippen MR) is 126 cm³/mol. The van der Waals surface area contributed by atoms with Crippen LogP contribution in [0.2, 0.25) is 0 Å². The lowest BCUT2D eigenvalue weighted by Gasteiger charge is -2.37. The van der Waals surface area contributed by atoms with Gasteiger partial charge in [0.25, 0.3) is 5.91 Å². The fourth-order valence-corrected chi connectivity index (χ4v) is 4.29. The van der Waals surface area contributed by atoms with Gasteiger partial charge in [-0.25, -0.2) is 0 Å². The summed E-state index contributed by atoms with van der Waals surface area (Å²) in [7, 11) is 0. The number of furan rings is 1. The van der Waals surface area contributed by atoms with Crippen LogP contribution < -0.4 is 5.32 Å². The van der Waals surface area contributed by atoms with Crippen LogP contribution in [0.1, 0.15) is 17.5 Å². The number of carbonyl (C=O) groups excluding carboxylic acids is 2. The van der Waals surface area contributed by atoms with E-state index in [1.54, 1.807) is 11.0 Å². The molecule has 1 fully saturated rings. The second-order valence-electron chi connectivity index (χ2n) is 8.17. The number of anilines is 1. The third-order valence-electron chi connectivity index (χ3n) is 6.21. The Bertz CT molecular complexity index is 1250. The van der Waals surface area contributed by atoms with Crippen LogP contribution in [0.4, 0.5) is 5.69 Å². The Kier molecular flexibility index (Phi) is 5.37. The highest BCUT2D eigenvalue weighted by atomic mass is 16.3. The van der Waals surface area contributed by atoms with E-state index in [1.807, 2.05) is 73.7 Å². The van der Waals surface area contributed by atoms with Gasteiger partial charge in [0.15, 0.2) is 5.76 Å². The number of piperazine rings is 1. The molecular weight excluding hydrogens is 402 g/mol. The molecular formula is C26H25N3O3. The molecule has 32 heavy (non-hydrogen) atoms. The van der Waals surface area contributed by atoms with Crippen molar-refractivity contribution in [3.8, 4) is 0 Å². The van der Waals surface area contributed by atoms with E-state index in [0.29, 0.717) is 37.5 Å². The summed E-state index contributed by atoms with van der Waals surface area (Å²) in [5.41, 5.74) is 1.53. The van der Waals surface area contributed by atoms with Crippen molar-refractivity contribution in [2.75, 3.05) is 31.5 Å². The molecule has 0 aliphatic carbocycles. The van der Waals surface area contributed by atoms with Gasteiger partial charge in [0.1, 0.15) is 5.58 Å². The van der Waals surface area contributed by atoms with E-state index in [-0.39, 0.29) is 17.9 Å². The fourth-order valence-electron chi connectivity index (χ4n) is 4.29. The standard InChI is InChI=1S/C26H25N3O3/c1-18(25(30)27-22-11-6-9-19-7-2-4-10-21(19)22)28-13-15-29(16-14-28)26(31)24-17-20-8-3-5-12-23(20)32-24/h2-12,17-18H,13-16H2,1H3,(H,27,30). The first-order valence-electron chi connectivity index (χ1n) is 10.9. The summed E-state index contributed by atoms with van der Waals surface area (Å²) >= 11 is 0. The van der Waals surface area contributed by atoms with Crippen LogP contribution >= 0.6 is 0 Å². The van der Waals surface area contributed by atoms with Crippen molar-refractivity contribution in [1.29, 1.82) is 0 Å². The molecule has 1 aromatic heterocycles. The summed E-state index contributed by atoms with van der Waals surface area (Å²) in [6.07, 6.45) is 0. The van der Waals surface area contributed by atoms with Crippen molar-refractivity contribution in [2.45, 2.75) is 13.0 Å². The molecule has 2 heterocycles. The van der Waals surface area contributed by atoms with Crippen molar-refractivity contribution in [2.24, 2.45) is 0 Å². The van der Waals surface area contributed by atoms with Crippen LogP contribution in [-0.4, -0.2) is 53.8 Å². The highest BCUT2D eigenvalue weighted by molar-refractivity contribution is 6.03. The quantitative estimate of drug-likeness (QED) is 0.525. The molecule has 1 atom stereocenters. The van der Waals surface area contributed by atoms with Gasteiger partial charge in [-0.3, -0.25) is 14.5 Å². The number of benzene rings is 3. The maximum Gasteiger partial charge on any atom is 0.289 e. The first-order chi connectivity index (χ1) is 15.6. The molecule has 1 unspecified atom stereocenters. The van der Waals surface area contributed by atoms with E-state index in [9.17, 15) is 9.59 Å². The highest BCUT2D eigenvalue weighted by Gasteiger charge is 2.29. The first-order valence-corrected chi connectivity index (χ1v) is 10.9. The number of nitrogens with zero attached hydrogens (tertiary/aromatic N) is 2. The third kappa shape index (κ3) is 3.85. The van der Waals surface area contributed by atoms with Gasteiger partial charge in [0.05, 0.1) is 6.04 Å². The molecule has 2 amide bonds. The molecule has 1 N–H and O–H groups in total. The predicted octanol–water partition coefficient (Wildman–Crippen LogP) is 4.37. The minimum absolute atomic E-state index is 0.0431. The number of nitrogens with one attached hydrogen (secondary N) is 1. The van der Waals surface area contributed by atoms with Crippen molar-refractivity contribution in [1.82, 2.24) is 9.80 Å². The largest absolute Gasteiger partial charge is 0.451 e. The van der Waals surface area contributed by atoms with Gasteiger partial charge in [0, 0.05) is 42.6 Å². The van der Waals surface area contributed by atoms with Crippen molar-refractivity contribution >= 4 is 39.2 Å². The Morgan fingerprint density at radius 2 is 1.56 bits per heavy atom. The summed E-state index contributed by atoms with van der Waals surface area (Å²) in [6.45, 7) is 4.30. The average molecular weight is 428 g/mol. The summed E-state index contributed by atoms with van der Waals surface area (Å²) < 4.78 is 5.73. The van der Waals surface area contributed by atoms with Gasteiger partial charge in [0.2, 0.25) is 5.91 Å². The molecule has 6 nitrogen and oxygen atoms in total. The van der Waals surface area contributed by atoms with Gasteiger partial charge in [-0.1, -0.05) is 54.6 Å². The topological polar surface area (TPSA) is 65.8 Å². The number of rotatable bonds is 4. The zero-order valence-corrected chi connectivity index (χ0v) is 18.0. The van der Waals surface area contributed by atoms with E-state index in [1.165, 1.54) is 0 Å². The second-order valence-corrected chi connectivity index (χ2v) is 8.17. The number of carbonyl (C=O) groups is 2. The lowest BCUT2D eigenvalue weighted by Crippen LogP contribution is -2.54. The third-order valence-corrected chi connectivity index (χ3v) is 6.21. The Labute approximate surface area is 186 Å². The van der Waals surface area contributed by atoms with Gasteiger partial charge in [-0.15, -0.1) is 0 Å². The van der Waals surface area contributed by atoms with Crippen LogP contribution in [0.3, 0.4) is 0 Å². The number of amides is 2. The number of hydrogen-bond acceptors (Lipinski definition) is 4. The molecule has 1 aliphatic rings. The summed E-state index contributed by atoms with van der Waals surface area (Å²) in [5.74, 6) is 0.216. The van der Waals surface area contributed by atoms with Crippen molar-refractivity contribution in [3.05, 3.63) is 78.6 Å². The summed E-state index contributed by atoms with van der Waals surface area (Å²) in [6, 6.07) is 23.0. The van der Waals surface area contributed by atoms with E-state index in [0.717, 1.165) is 21.8 Å². The molecule has 6 heteroatoms. The minimum Gasteiger partial charge on any atom is -0.451 e. The summed E-state index contributed by atoms with van der Waals surface area (Å²) in [5, 5.41) is 6.12. The maximum absolute atomic E-state index is 12.9. The molecule has 1 aliphatic heterocycles. The number of para-hydroxylation sites is 1. The van der Waals surface area contributed by atoms with Gasteiger partial charge < -0.3 is 14.6 Å². The van der Waals surface area contributed by atoms with E-state index >= 15 is 0 Å². The lowest BCUT2D eigenvalue weighted by atomic mass is 10.1. The van der Waals surface area contributed by atoms with Crippen LogP contribution in [0, 0.1) is 0 Å². The molecule has 4 aromatic rings. The molecule has 0 saturated carbocycles. The molecule has 0 radical (unpaired) electrons. The van der Waals surface area contributed by atoms with Crippen LogP contribution in [0.5, 0.6) is 0 Å². The molecule has 162 valence electrons. The highest BCUT2D eigenvalue weighted by Crippen LogP contribution is 2.24. The van der Waals surface area contributed by atoms with Crippen molar-refractivity contribution < 1.29 is 14.0 Å². The SMILES string of the molecule is CC(C(=O)Nc1cccc2ccccc12)N1CCN(C(=O)c2cc3ccccc3o2)CC1. The van der Waals surface area contributed by atoms with Crippen LogP contribution in [-0.2, 0) is 4.79 Å². The van der Waals surface area contributed by atoms with Crippen molar-refractivity contribution in [3.63, 3.8) is 0 Å². The lowest BCUT2D eigenvalue weighted by molar-refractivity contribution is -0.121. The second kappa shape index (κ2) is 8.48. The normalized spacial score (nSPS) is 15.7. The summed E-state index contributed by atoms with van der Waals surface area (Å²) in [4.78, 5) is 29.7. The van der Waals surface area contributed by atoms with Gasteiger partial charge in [-0.05, 0) is 30.5 Å². The van der Waals surface area contributed by atoms with E-state index < -0.39 is 0 Å². The zero-order valence-electron chi connectivity index (χ0n) is 18.0. The smallest absolute Gasteiger partial charge is 0.289 e. The zero-order chi connectivity index (χ0) is 22.1. The number of fused-ring (bicyclic) bond motifs is 2. The monoisotopic (exact) mass is 427 g/mol. The number of hydrogen-bond donors (Lipinski definition) is 1. The van der Waals surface area contributed by atoms with Crippen LogP contribution in [0.25, 0.3) is 21.7 Å². The first kappa shape index (κ1) is 20.3. The Hall–Kier alpha value is -3.64. The fraction of sp³-hybridized carbons (Fsp3) is 0.231. The van der Waals surface area contributed by atoms with E-state index in [4.69, 9.17) is 4.42 Å².